The Morgan fingerprint density at radius 2 is 1.49 bits per heavy atom. The zero-order valence-electron chi connectivity index (χ0n) is 20.7. The molecule has 0 N–H and O–H groups in total. The molecule has 0 saturated heterocycles. The fraction of sp³-hybridized carbons (Fsp3) is 0.517. The number of benzene rings is 2. The number of halogens is 2. The number of ether oxygens (including phenoxy) is 3. The summed E-state index contributed by atoms with van der Waals surface area (Å²) in [6, 6.07) is 9.03. The van der Waals surface area contributed by atoms with Gasteiger partial charge >= 0.3 is 5.97 Å². The van der Waals surface area contributed by atoms with Crippen molar-refractivity contribution in [2.75, 3.05) is 13.2 Å². The van der Waals surface area contributed by atoms with Crippen LogP contribution in [0.1, 0.15) is 87.9 Å². The molecule has 0 aromatic heterocycles. The molecule has 3 rings (SSSR count). The van der Waals surface area contributed by atoms with Gasteiger partial charge in [0.2, 0.25) is 5.82 Å². The van der Waals surface area contributed by atoms with Gasteiger partial charge in [0.25, 0.3) is 0 Å². The van der Waals surface area contributed by atoms with E-state index >= 15 is 0 Å². The molecule has 0 heterocycles. The minimum atomic E-state index is -1.27. The number of esters is 1. The van der Waals surface area contributed by atoms with Gasteiger partial charge in [0.15, 0.2) is 11.6 Å². The van der Waals surface area contributed by atoms with Crippen molar-refractivity contribution in [2.24, 2.45) is 5.92 Å². The zero-order valence-corrected chi connectivity index (χ0v) is 20.7. The maximum Gasteiger partial charge on any atom is 0.346 e. The summed E-state index contributed by atoms with van der Waals surface area (Å²) in [6.07, 6.45) is 14.6. The first-order chi connectivity index (χ1) is 17.1. The van der Waals surface area contributed by atoms with Crippen molar-refractivity contribution in [2.45, 2.75) is 77.6 Å². The predicted molar refractivity (Wildman–Crippen MR) is 133 cm³/mol. The average Bonchev–Trinajstić information content (AvgIpc) is 2.88. The second-order valence-electron chi connectivity index (χ2n) is 9.19. The monoisotopic (exact) mass is 487 g/mol. The summed E-state index contributed by atoms with van der Waals surface area (Å²) in [5.74, 6) is -2.14. The molecule has 1 saturated carbocycles. The molecule has 1 fully saturated rings. The Morgan fingerprint density at radius 1 is 0.829 bits per heavy atom. The fourth-order valence-electron chi connectivity index (χ4n) is 4.18. The smallest absolute Gasteiger partial charge is 0.346 e. The Hall–Kier alpha value is -2.63. The van der Waals surface area contributed by atoms with Crippen molar-refractivity contribution in [1.82, 2.24) is 0 Å². The van der Waals surface area contributed by atoms with Gasteiger partial charge in [-0.15, -0.1) is 0 Å². The third kappa shape index (κ3) is 8.83. The highest BCUT2D eigenvalue weighted by molar-refractivity contribution is 5.91. The van der Waals surface area contributed by atoms with Gasteiger partial charge in [0.1, 0.15) is 11.5 Å². The molecule has 0 amide bonds. The molecule has 0 spiro atoms. The van der Waals surface area contributed by atoms with E-state index in [9.17, 15) is 13.6 Å². The van der Waals surface area contributed by atoms with E-state index in [1.54, 1.807) is 24.3 Å². The molecule has 6 heteroatoms. The third-order valence-electron chi connectivity index (χ3n) is 6.35. The van der Waals surface area contributed by atoms with Gasteiger partial charge in [-0.1, -0.05) is 45.4 Å². The second kappa shape index (κ2) is 14.7. The summed E-state index contributed by atoms with van der Waals surface area (Å²) >= 11 is 0. The molecular formula is C29H37F2O4. The Balaban J connectivity index is 1.45. The van der Waals surface area contributed by atoms with Crippen molar-refractivity contribution in [3.8, 4) is 17.2 Å². The van der Waals surface area contributed by atoms with Crippen LogP contribution in [0.25, 0.3) is 0 Å². The van der Waals surface area contributed by atoms with Crippen molar-refractivity contribution in [1.29, 1.82) is 0 Å². The summed E-state index contributed by atoms with van der Waals surface area (Å²) in [5, 5.41) is 0. The number of hydrogen-bond donors (Lipinski definition) is 0. The lowest BCUT2D eigenvalue weighted by atomic mass is 9.90. The van der Waals surface area contributed by atoms with Crippen LogP contribution in [0.15, 0.2) is 36.4 Å². The van der Waals surface area contributed by atoms with Crippen LogP contribution in [0.3, 0.4) is 0 Å². The lowest BCUT2D eigenvalue weighted by Crippen LogP contribution is -2.15. The van der Waals surface area contributed by atoms with E-state index < -0.39 is 23.2 Å². The van der Waals surface area contributed by atoms with Gasteiger partial charge in [-0.05, 0) is 80.8 Å². The van der Waals surface area contributed by atoms with Gasteiger partial charge in [-0.2, -0.15) is 4.39 Å². The number of rotatable bonds is 14. The molecule has 0 atom stereocenters. The third-order valence-corrected chi connectivity index (χ3v) is 6.35. The molecule has 0 bridgehead atoms. The van der Waals surface area contributed by atoms with Crippen LogP contribution >= 0.6 is 0 Å². The summed E-state index contributed by atoms with van der Waals surface area (Å²) < 4.78 is 45.4. The largest absolute Gasteiger partial charge is 0.493 e. The van der Waals surface area contributed by atoms with Crippen LogP contribution in [0, 0.1) is 24.0 Å². The first-order valence-corrected chi connectivity index (χ1v) is 13.0. The minimum absolute atomic E-state index is 0.192. The molecule has 1 radical (unpaired) electrons. The van der Waals surface area contributed by atoms with Crippen molar-refractivity contribution in [3.05, 3.63) is 60.0 Å². The SMILES string of the molecule is CCCCCCCCCOc1ccc(C(=O)Oc2ccc(OCC3CC[CH]CC3)cc2)c(F)c1F. The van der Waals surface area contributed by atoms with Crippen LogP contribution < -0.4 is 14.2 Å². The molecule has 2 aromatic rings. The minimum Gasteiger partial charge on any atom is -0.493 e. The Labute approximate surface area is 208 Å². The van der Waals surface area contributed by atoms with E-state index in [0.29, 0.717) is 24.9 Å². The Kier molecular flexibility index (Phi) is 11.3. The summed E-state index contributed by atoms with van der Waals surface area (Å²) in [6.45, 7) is 3.14. The van der Waals surface area contributed by atoms with E-state index in [2.05, 4.69) is 13.3 Å². The average molecular weight is 488 g/mol. The van der Waals surface area contributed by atoms with Gasteiger partial charge in [-0.25, -0.2) is 9.18 Å². The number of hydrogen-bond acceptors (Lipinski definition) is 4. The Bertz CT molecular complexity index is 908. The zero-order chi connectivity index (χ0) is 24.9. The number of unbranched alkanes of at least 4 members (excludes halogenated alkanes) is 6. The highest BCUT2D eigenvalue weighted by Gasteiger charge is 2.21. The van der Waals surface area contributed by atoms with E-state index in [4.69, 9.17) is 14.2 Å². The van der Waals surface area contributed by atoms with Gasteiger partial charge < -0.3 is 14.2 Å². The van der Waals surface area contributed by atoms with Crippen LogP contribution in [-0.4, -0.2) is 19.2 Å². The highest BCUT2D eigenvalue weighted by atomic mass is 19.2. The normalized spacial score (nSPS) is 14.0. The number of carbonyl (C=O) groups is 1. The summed E-state index contributed by atoms with van der Waals surface area (Å²) in [4.78, 5) is 12.4. The molecule has 1 aliphatic carbocycles. The molecule has 0 unspecified atom stereocenters. The summed E-state index contributed by atoms with van der Waals surface area (Å²) in [5.41, 5.74) is -0.472. The maximum atomic E-state index is 14.5. The molecule has 0 aliphatic heterocycles. The van der Waals surface area contributed by atoms with E-state index in [-0.39, 0.29) is 11.5 Å². The highest BCUT2D eigenvalue weighted by Crippen LogP contribution is 2.27. The standard InChI is InChI=1S/C29H37F2O4/c1-2-3-4-5-6-7-11-20-33-26-19-18-25(27(30)28(26)31)29(32)35-24-16-14-23(15-17-24)34-21-22-12-9-8-10-13-22/h8,14-19,22H,2-7,9-13,20-21H2,1H3. The predicted octanol–water partition coefficient (Wildman–Crippen LogP) is 8.09. The van der Waals surface area contributed by atoms with Crippen molar-refractivity contribution >= 4 is 5.97 Å². The fourth-order valence-corrected chi connectivity index (χ4v) is 4.18. The van der Waals surface area contributed by atoms with Crippen LogP contribution in [0.4, 0.5) is 8.78 Å². The molecule has 2 aromatic carbocycles. The number of carbonyl (C=O) groups excluding carboxylic acids is 1. The van der Waals surface area contributed by atoms with Gasteiger partial charge in [-0.3, -0.25) is 0 Å². The van der Waals surface area contributed by atoms with Crippen LogP contribution in [0.2, 0.25) is 0 Å². The second-order valence-corrected chi connectivity index (χ2v) is 9.19. The molecule has 1 aliphatic rings. The lowest BCUT2D eigenvalue weighted by Gasteiger charge is -2.21. The molecule has 4 nitrogen and oxygen atoms in total. The van der Waals surface area contributed by atoms with E-state index in [1.165, 1.54) is 37.8 Å². The van der Waals surface area contributed by atoms with E-state index in [1.807, 2.05) is 0 Å². The molecule has 35 heavy (non-hydrogen) atoms. The lowest BCUT2D eigenvalue weighted by molar-refractivity contribution is 0.0728. The van der Waals surface area contributed by atoms with Crippen molar-refractivity contribution in [3.63, 3.8) is 0 Å². The van der Waals surface area contributed by atoms with Gasteiger partial charge in [0.05, 0.1) is 18.8 Å². The van der Waals surface area contributed by atoms with Crippen LogP contribution in [-0.2, 0) is 0 Å². The summed E-state index contributed by atoms with van der Waals surface area (Å²) in [7, 11) is 0. The van der Waals surface area contributed by atoms with Crippen molar-refractivity contribution < 1.29 is 27.8 Å². The topological polar surface area (TPSA) is 44.8 Å². The first kappa shape index (κ1) is 27.0. The Morgan fingerprint density at radius 3 is 2.20 bits per heavy atom. The maximum absolute atomic E-state index is 14.5. The first-order valence-electron chi connectivity index (χ1n) is 13.0. The van der Waals surface area contributed by atoms with Gasteiger partial charge in [0, 0.05) is 0 Å². The van der Waals surface area contributed by atoms with E-state index in [0.717, 1.165) is 44.9 Å². The quantitative estimate of drug-likeness (QED) is 0.153. The molecular weight excluding hydrogens is 450 g/mol. The van der Waals surface area contributed by atoms with Crippen LogP contribution in [0.5, 0.6) is 17.2 Å². The molecule has 191 valence electrons.